The maximum Gasteiger partial charge on any atom is 0.218 e. The summed E-state index contributed by atoms with van der Waals surface area (Å²) in [4.78, 5) is 14.5. The van der Waals surface area contributed by atoms with Crippen LogP contribution in [0.3, 0.4) is 0 Å². The second-order valence-electron chi connectivity index (χ2n) is 3.05. The van der Waals surface area contributed by atoms with Crippen LogP contribution in [0.15, 0.2) is 6.33 Å². The lowest BCUT2D eigenvalue weighted by molar-refractivity contribution is -0.117. The van der Waals surface area contributed by atoms with Crippen molar-refractivity contribution in [2.24, 2.45) is 12.8 Å². The van der Waals surface area contributed by atoms with Crippen LogP contribution >= 0.6 is 0 Å². The zero-order chi connectivity index (χ0) is 10.4. The normalized spacial score (nSPS) is 10.4. The van der Waals surface area contributed by atoms with E-state index in [9.17, 15) is 4.79 Å². The third-order valence-electron chi connectivity index (χ3n) is 1.72. The van der Waals surface area contributed by atoms with E-state index in [0.29, 0.717) is 13.0 Å². The van der Waals surface area contributed by atoms with E-state index in [0.717, 1.165) is 18.8 Å². The average molecular weight is 197 g/mol. The minimum atomic E-state index is -0.284. The molecule has 0 saturated heterocycles. The van der Waals surface area contributed by atoms with Gasteiger partial charge in [-0.15, -0.1) is 0 Å². The molecule has 0 unspecified atom stereocenters. The molecule has 0 saturated carbocycles. The molecule has 0 aliphatic heterocycles. The Hall–Kier alpha value is -1.43. The lowest BCUT2D eigenvalue weighted by atomic mass is 10.3. The zero-order valence-corrected chi connectivity index (χ0v) is 8.23. The first kappa shape index (κ1) is 10.6. The number of amides is 1. The van der Waals surface area contributed by atoms with Crippen LogP contribution in [-0.2, 0) is 18.3 Å². The topological polar surface area (TPSA) is 85.8 Å². The number of aryl methyl sites for hydroxylation is 1. The molecule has 1 aromatic rings. The number of primary amides is 1. The standard InChI is InChI=1S/C8H15N5O/c1-13-6-11-8(12-13)3-5-10-4-2-7(9)14/h6,10H,2-5H2,1H3,(H2,9,14). The highest BCUT2D eigenvalue weighted by molar-refractivity contribution is 5.73. The molecule has 1 heterocycles. The Morgan fingerprint density at radius 3 is 3.00 bits per heavy atom. The van der Waals surface area contributed by atoms with Crippen molar-refractivity contribution in [3.8, 4) is 0 Å². The van der Waals surface area contributed by atoms with Gasteiger partial charge in [0, 0.05) is 33.0 Å². The Balaban J connectivity index is 2.07. The molecule has 1 rings (SSSR count). The van der Waals surface area contributed by atoms with E-state index >= 15 is 0 Å². The van der Waals surface area contributed by atoms with Crippen molar-refractivity contribution in [1.82, 2.24) is 20.1 Å². The van der Waals surface area contributed by atoms with Crippen LogP contribution in [0.5, 0.6) is 0 Å². The van der Waals surface area contributed by atoms with Gasteiger partial charge in [0.25, 0.3) is 0 Å². The Morgan fingerprint density at radius 2 is 2.43 bits per heavy atom. The molecule has 14 heavy (non-hydrogen) atoms. The van der Waals surface area contributed by atoms with E-state index < -0.39 is 0 Å². The third kappa shape index (κ3) is 3.99. The zero-order valence-electron chi connectivity index (χ0n) is 8.23. The highest BCUT2D eigenvalue weighted by Crippen LogP contribution is 1.87. The van der Waals surface area contributed by atoms with Crippen molar-refractivity contribution in [1.29, 1.82) is 0 Å². The summed E-state index contributed by atoms with van der Waals surface area (Å²) in [5.74, 6) is 0.521. The van der Waals surface area contributed by atoms with Crippen LogP contribution in [0.25, 0.3) is 0 Å². The molecule has 0 spiro atoms. The van der Waals surface area contributed by atoms with Crippen molar-refractivity contribution >= 4 is 5.91 Å². The number of nitrogens with one attached hydrogen (secondary N) is 1. The quantitative estimate of drug-likeness (QED) is 0.562. The number of rotatable bonds is 6. The molecule has 78 valence electrons. The summed E-state index contributed by atoms with van der Waals surface area (Å²) in [7, 11) is 1.83. The van der Waals surface area contributed by atoms with Gasteiger partial charge in [0.05, 0.1) is 0 Å². The van der Waals surface area contributed by atoms with Gasteiger partial charge in [-0.2, -0.15) is 5.10 Å². The molecule has 0 radical (unpaired) electrons. The Morgan fingerprint density at radius 1 is 1.64 bits per heavy atom. The Bertz CT molecular complexity index is 296. The van der Waals surface area contributed by atoms with E-state index in [1.54, 1.807) is 11.0 Å². The summed E-state index contributed by atoms with van der Waals surface area (Å²) in [5.41, 5.74) is 4.98. The maximum absolute atomic E-state index is 10.4. The monoisotopic (exact) mass is 197 g/mol. The number of carbonyl (C=O) groups is 1. The number of nitrogens with zero attached hydrogens (tertiary/aromatic N) is 3. The Kier molecular flexibility index (Phi) is 4.06. The molecule has 0 bridgehead atoms. The summed E-state index contributed by atoms with van der Waals surface area (Å²) in [6.07, 6.45) is 2.80. The molecule has 6 heteroatoms. The lowest BCUT2D eigenvalue weighted by Gasteiger charge is -1.99. The van der Waals surface area contributed by atoms with Gasteiger partial charge in [-0.25, -0.2) is 4.98 Å². The van der Waals surface area contributed by atoms with Crippen molar-refractivity contribution < 1.29 is 4.79 Å². The Labute approximate surface area is 82.5 Å². The van der Waals surface area contributed by atoms with Crippen LogP contribution in [-0.4, -0.2) is 33.8 Å². The fourth-order valence-corrected chi connectivity index (χ4v) is 1.04. The van der Waals surface area contributed by atoms with Crippen molar-refractivity contribution in [2.45, 2.75) is 12.8 Å². The molecule has 6 nitrogen and oxygen atoms in total. The van der Waals surface area contributed by atoms with Gasteiger partial charge in [0.1, 0.15) is 6.33 Å². The average Bonchev–Trinajstić information content (AvgIpc) is 2.50. The van der Waals surface area contributed by atoms with E-state index in [-0.39, 0.29) is 5.91 Å². The van der Waals surface area contributed by atoms with Crippen LogP contribution in [0.1, 0.15) is 12.2 Å². The summed E-state index contributed by atoms with van der Waals surface area (Å²) >= 11 is 0. The summed E-state index contributed by atoms with van der Waals surface area (Å²) in [6, 6.07) is 0. The third-order valence-corrected chi connectivity index (χ3v) is 1.72. The fourth-order valence-electron chi connectivity index (χ4n) is 1.04. The predicted octanol–water partition coefficient (Wildman–Crippen LogP) is -1.18. The fraction of sp³-hybridized carbons (Fsp3) is 0.625. The lowest BCUT2D eigenvalue weighted by Crippen LogP contribution is -2.24. The van der Waals surface area contributed by atoms with Gasteiger partial charge < -0.3 is 11.1 Å². The first-order valence-electron chi connectivity index (χ1n) is 4.52. The molecule has 0 aliphatic rings. The van der Waals surface area contributed by atoms with E-state index in [2.05, 4.69) is 15.4 Å². The first-order valence-corrected chi connectivity index (χ1v) is 4.52. The summed E-state index contributed by atoms with van der Waals surface area (Å²) in [5, 5.41) is 7.20. The molecule has 1 amide bonds. The van der Waals surface area contributed by atoms with Gasteiger partial charge in [-0.05, 0) is 0 Å². The molecule has 0 aromatic carbocycles. The molecule has 1 aromatic heterocycles. The van der Waals surface area contributed by atoms with Crippen LogP contribution in [0, 0.1) is 0 Å². The van der Waals surface area contributed by atoms with Gasteiger partial charge in [-0.1, -0.05) is 0 Å². The van der Waals surface area contributed by atoms with Crippen molar-refractivity contribution in [2.75, 3.05) is 13.1 Å². The number of hydrogen-bond acceptors (Lipinski definition) is 4. The molecule has 0 atom stereocenters. The highest BCUT2D eigenvalue weighted by Gasteiger charge is 1.98. The first-order chi connectivity index (χ1) is 6.68. The highest BCUT2D eigenvalue weighted by atomic mass is 16.1. The van der Waals surface area contributed by atoms with Gasteiger partial charge in [-0.3, -0.25) is 9.48 Å². The molecule has 0 fully saturated rings. The molecular formula is C8H15N5O. The number of aromatic nitrogens is 3. The van der Waals surface area contributed by atoms with E-state index in [4.69, 9.17) is 5.73 Å². The van der Waals surface area contributed by atoms with Crippen LogP contribution in [0.4, 0.5) is 0 Å². The summed E-state index contributed by atoms with van der Waals surface area (Å²) < 4.78 is 1.67. The largest absolute Gasteiger partial charge is 0.370 e. The summed E-state index contributed by atoms with van der Waals surface area (Å²) in [6.45, 7) is 1.37. The van der Waals surface area contributed by atoms with Gasteiger partial charge in [0.2, 0.25) is 5.91 Å². The van der Waals surface area contributed by atoms with Crippen molar-refractivity contribution in [3.63, 3.8) is 0 Å². The predicted molar refractivity (Wildman–Crippen MR) is 51.4 cm³/mol. The van der Waals surface area contributed by atoms with Crippen LogP contribution in [0.2, 0.25) is 0 Å². The van der Waals surface area contributed by atoms with Crippen LogP contribution < -0.4 is 11.1 Å². The number of hydrogen-bond donors (Lipinski definition) is 2. The second-order valence-corrected chi connectivity index (χ2v) is 3.05. The van der Waals surface area contributed by atoms with Gasteiger partial charge >= 0.3 is 0 Å². The molecule has 3 N–H and O–H groups in total. The molecule has 0 aliphatic carbocycles. The van der Waals surface area contributed by atoms with Crippen molar-refractivity contribution in [3.05, 3.63) is 12.2 Å². The smallest absolute Gasteiger partial charge is 0.218 e. The number of nitrogens with two attached hydrogens (primary N) is 1. The number of carbonyl (C=O) groups excluding carboxylic acids is 1. The SMILES string of the molecule is Cn1cnc(CCNCCC(N)=O)n1. The minimum absolute atomic E-state index is 0.284. The van der Waals surface area contributed by atoms with Gasteiger partial charge in [0.15, 0.2) is 5.82 Å². The molecular weight excluding hydrogens is 182 g/mol. The second kappa shape index (κ2) is 5.33. The maximum atomic E-state index is 10.4. The van der Waals surface area contributed by atoms with E-state index in [1.807, 2.05) is 7.05 Å². The minimum Gasteiger partial charge on any atom is -0.370 e. The van der Waals surface area contributed by atoms with E-state index in [1.165, 1.54) is 0 Å².